The van der Waals surface area contributed by atoms with E-state index in [1.807, 2.05) is 62.4 Å². The Kier molecular flexibility index (Phi) is 6.41. The van der Waals surface area contributed by atoms with E-state index >= 15 is 0 Å². The molecule has 0 fully saturated rings. The van der Waals surface area contributed by atoms with Gasteiger partial charge in [-0.1, -0.05) is 42.0 Å². The Labute approximate surface area is 180 Å². The number of aryl methyl sites for hydroxylation is 2. The Bertz CT molecular complexity index is 1190. The van der Waals surface area contributed by atoms with Gasteiger partial charge in [-0.2, -0.15) is 10.4 Å². The quantitative estimate of drug-likeness (QED) is 0.463. The van der Waals surface area contributed by atoms with Gasteiger partial charge >= 0.3 is 5.97 Å². The molecule has 1 heterocycles. The van der Waals surface area contributed by atoms with Gasteiger partial charge in [-0.05, 0) is 38.5 Å². The van der Waals surface area contributed by atoms with Gasteiger partial charge < -0.3 is 10.1 Å². The van der Waals surface area contributed by atoms with E-state index in [1.54, 1.807) is 16.9 Å². The number of benzene rings is 2. The molecule has 0 amide bonds. The van der Waals surface area contributed by atoms with Gasteiger partial charge in [-0.3, -0.25) is 4.79 Å². The smallest absolute Gasteiger partial charge is 0.342 e. The number of Topliss-reactive ketones (excluding diaryl/α,β-unsaturated/α-hetero) is 1. The maximum absolute atomic E-state index is 12.9. The molecule has 3 aromatic rings. The van der Waals surface area contributed by atoms with Crippen LogP contribution in [0.2, 0.25) is 0 Å². The van der Waals surface area contributed by atoms with Crippen molar-refractivity contribution < 1.29 is 14.3 Å². The maximum atomic E-state index is 12.9. The van der Waals surface area contributed by atoms with E-state index in [2.05, 4.69) is 5.10 Å². The zero-order chi connectivity index (χ0) is 22.5. The molecule has 0 saturated carbocycles. The van der Waals surface area contributed by atoms with Gasteiger partial charge in [0.05, 0.1) is 11.8 Å². The average Bonchev–Trinajstić information content (AvgIpc) is 3.18. The van der Waals surface area contributed by atoms with Gasteiger partial charge in [0, 0.05) is 17.5 Å². The first-order chi connectivity index (χ1) is 14.8. The minimum absolute atomic E-state index is 0.0867. The highest BCUT2D eigenvalue weighted by Crippen LogP contribution is 2.28. The fourth-order valence-corrected chi connectivity index (χ4v) is 3.22. The minimum Gasteiger partial charge on any atom is -0.454 e. The summed E-state index contributed by atoms with van der Waals surface area (Å²) in [5.74, 6) is -2.57. The largest absolute Gasteiger partial charge is 0.454 e. The molecule has 0 bridgehead atoms. The zero-order valence-corrected chi connectivity index (χ0v) is 17.5. The summed E-state index contributed by atoms with van der Waals surface area (Å²) < 4.78 is 6.80. The van der Waals surface area contributed by atoms with Crippen LogP contribution in [0.3, 0.4) is 0 Å². The van der Waals surface area contributed by atoms with Crippen molar-refractivity contribution in [3.05, 3.63) is 71.4 Å². The fourth-order valence-electron chi connectivity index (χ4n) is 3.22. The van der Waals surface area contributed by atoms with Crippen molar-refractivity contribution in [2.24, 2.45) is 5.92 Å². The van der Waals surface area contributed by atoms with Gasteiger partial charge in [0.25, 0.3) is 0 Å². The number of ketones is 1. The summed E-state index contributed by atoms with van der Waals surface area (Å²) in [6.45, 7) is 4.70. The third-order valence-electron chi connectivity index (χ3n) is 4.82. The monoisotopic (exact) mass is 414 g/mol. The summed E-state index contributed by atoms with van der Waals surface area (Å²) in [5.41, 5.74) is 4.16. The minimum atomic E-state index is -1.22. The predicted octanol–water partition coefficient (Wildman–Crippen LogP) is 4.06. The van der Waals surface area contributed by atoms with Crippen LogP contribution in [0.15, 0.2) is 54.7 Å². The summed E-state index contributed by atoms with van der Waals surface area (Å²) >= 11 is 0. The highest BCUT2D eigenvalue weighted by molar-refractivity contribution is 6.06. The Hall–Kier alpha value is -4.05. The second kappa shape index (κ2) is 9.18. The van der Waals surface area contributed by atoms with E-state index in [0.717, 1.165) is 22.4 Å². The Balaban J connectivity index is 1.97. The van der Waals surface area contributed by atoms with Crippen LogP contribution in [0.25, 0.3) is 16.9 Å². The van der Waals surface area contributed by atoms with Crippen molar-refractivity contribution in [3.8, 4) is 23.0 Å². The lowest BCUT2D eigenvalue weighted by Gasteiger charge is -2.09. The van der Waals surface area contributed by atoms with E-state index in [-0.39, 0.29) is 11.3 Å². The highest BCUT2D eigenvalue weighted by atomic mass is 16.5. The highest BCUT2D eigenvalue weighted by Gasteiger charge is 2.25. The van der Waals surface area contributed by atoms with Crippen molar-refractivity contribution in [3.63, 3.8) is 0 Å². The van der Waals surface area contributed by atoms with E-state index in [4.69, 9.17) is 15.4 Å². The second-order valence-electron chi connectivity index (χ2n) is 7.28. The van der Waals surface area contributed by atoms with Crippen LogP contribution in [0.1, 0.15) is 28.4 Å². The standard InChI is InChI=1S/C24H22N4O3/c1-15-9-10-19(16(2)11-15)23-21(13-28(27-23)18-7-5-4-6-8-18)24(30)31-14-22(29)20(12-25)17(3)26/h4-11,13,20,26H,14H2,1-3H3/t20-/m0/s1. The van der Waals surface area contributed by atoms with Crippen LogP contribution in [0, 0.1) is 36.5 Å². The molecule has 0 unspecified atom stereocenters. The lowest BCUT2D eigenvalue weighted by molar-refractivity contribution is -0.122. The number of rotatable bonds is 7. The first-order valence-electron chi connectivity index (χ1n) is 9.69. The first-order valence-corrected chi connectivity index (χ1v) is 9.69. The van der Waals surface area contributed by atoms with E-state index < -0.39 is 24.3 Å². The van der Waals surface area contributed by atoms with Crippen molar-refractivity contribution in [2.75, 3.05) is 6.61 Å². The number of hydrogen-bond acceptors (Lipinski definition) is 6. The molecule has 0 radical (unpaired) electrons. The summed E-state index contributed by atoms with van der Waals surface area (Å²) in [4.78, 5) is 25.0. The molecule has 1 atom stereocenters. The van der Waals surface area contributed by atoms with Crippen molar-refractivity contribution in [1.29, 1.82) is 10.7 Å². The molecule has 0 aliphatic carbocycles. The Morgan fingerprint density at radius 2 is 1.90 bits per heavy atom. The average molecular weight is 414 g/mol. The summed E-state index contributed by atoms with van der Waals surface area (Å²) in [5, 5.41) is 21.2. The number of esters is 1. The lowest BCUT2D eigenvalue weighted by atomic mass is 10.0. The number of ether oxygens (including phenoxy) is 1. The number of aromatic nitrogens is 2. The van der Waals surface area contributed by atoms with Gasteiger partial charge in [-0.15, -0.1) is 0 Å². The molecule has 31 heavy (non-hydrogen) atoms. The molecule has 3 rings (SSSR count). The van der Waals surface area contributed by atoms with Gasteiger partial charge in [-0.25, -0.2) is 9.48 Å². The molecule has 0 aliphatic heterocycles. The second-order valence-corrected chi connectivity index (χ2v) is 7.28. The molecular weight excluding hydrogens is 392 g/mol. The summed E-state index contributed by atoms with van der Waals surface area (Å²) in [6, 6.07) is 16.9. The molecule has 1 aromatic heterocycles. The third kappa shape index (κ3) is 4.75. The predicted molar refractivity (Wildman–Crippen MR) is 116 cm³/mol. The Morgan fingerprint density at radius 1 is 1.19 bits per heavy atom. The molecule has 156 valence electrons. The van der Waals surface area contributed by atoms with Crippen molar-refractivity contribution >= 4 is 17.5 Å². The molecule has 0 aliphatic rings. The normalized spacial score (nSPS) is 11.4. The summed E-state index contributed by atoms with van der Waals surface area (Å²) in [6.07, 6.45) is 1.57. The Morgan fingerprint density at radius 3 is 2.52 bits per heavy atom. The van der Waals surface area contributed by atoms with E-state index in [0.29, 0.717) is 5.69 Å². The van der Waals surface area contributed by atoms with Gasteiger partial charge in [0.15, 0.2) is 12.4 Å². The van der Waals surface area contributed by atoms with Crippen LogP contribution in [-0.2, 0) is 9.53 Å². The lowest BCUT2D eigenvalue weighted by Crippen LogP contribution is -2.25. The maximum Gasteiger partial charge on any atom is 0.342 e. The number of carbonyl (C=O) groups is 2. The molecule has 7 heteroatoms. The summed E-state index contributed by atoms with van der Waals surface area (Å²) in [7, 11) is 0. The van der Waals surface area contributed by atoms with Crippen LogP contribution in [0.5, 0.6) is 0 Å². The first kappa shape index (κ1) is 21.7. The number of nitriles is 1. The zero-order valence-electron chi connectivity index (χ0n) is 17.5. The molecule has 1 N–H and O–H groups in total. The van der Waals surface area contributed by atoms with Crippen LogP contribution in [0.4, 0.5) is 0 Å². The van der Waals surface area contributed by atoms with Crippen LogP contribution in [-0.4, -0.2) is 33.9 Å². The molecule has 7 nitrogen and oxygen atoms in total. The van der Waals surface area contributed by atoms with Gasteiger partial charge in [0.2, 0.25) is 0 Å². The number of nitrogens with zero attached hydrogens (tertiary/aromatic N) is 3. The molecule has 2 aromatic carbocycles. The number of carbonyl (C=O) groups excluding carboxylic acids is 2. The number of para-hydroxylation sites is 1. The van der Waals surface area contributed by atoms with Crippen LogP contribution < -0.4 is 0 Å². The molecule has 0 saturated heterocycles. The van der Waals surface area contributed by atoms with E-state index in [9.17, 15) is 9.59 Å². The van der Waals surface area contributed by atoms with Gasteiger partial charge in [0.1, 0.15) is 17.2 Å². The number of nitrogens with one attached hydrogen (secondary N) is 1. The molecular formula is C24H22N4O3. The topological polar surface area (TPSA) is 109 Å². The molecule has 0 spiro atoms. The fraction of sp³-hybridized carbons (Fsp3) is 0.208. The van der Waals surface area contributed by atoms with Crippen LogP contribution >= 0.6 is 0 Å². The van der Waals surface area contributed by atoms with Crippen molar-refractivity contribution in [2.45, 2.75) is 20.8 Å². The van der Waals surface area contributed by atoms with E-state index in [1.165, 1.54) is 6.92 Å². The number of hydrogen-bond donors (Lipinski definition) is 1. The van der Waals surface area contributed by atoms with Crippen molar-refractivity contribution in [1.82, 2.24) is 9.78 Å². The third-order valence-corrected chi connectivity index (χ3v) is 4.82. The SMILES string of the molecule is CC(=N)[C@H](C#N)C(=O)COC(=O)c1cn(-c2ccccc2)nc1-c1ccc(C)cc1C.